The molecule has 2 amide bonds. The Balaban J connectivity index is 1.45. The van der Waals surface area contributed by atoms with Crippen molar-refractivity contribution in [2.45, 2.75) is 13.8 Å². The highest BCUT2D eigenvalue weighted by Gasteiger charge is 2.21. The zero-order valence-corrected chi connectivity index (χ0v) is 16.8. The molecule has 1 fully saturated rings. The molecule has 0 saturated carbocycles. The lowest BCUT2D eigenvalue weighted by Crippen LogP contribution is -2.50. The van der Waals surface area contributed by atoms with Gasteiger partial charge >= 0.3 is 0 Å². The molecule has 0 spiro atoms. The van der Waals surface area contributed by atoms with Crippen molar-refractivity contribution in [3.05, 3.63) is 71.0 Å². The Labute approximate surface area is 170 Å². The van der Waals surface area contributed by atoms with Crippen LogP contribution in [0.2, 0.25) is 0 Å². The van der Waals surface area contributed by atoms with Gasteiger partial charge in [-0.3, -0.25) is 14.5 Å². The zero-order valence-electron chi connectivity index (χ0n) is 16.8. The first-order chi connectivity index (χ1) is 13.9. The van der Waals surface area contributed by atoms with Gasteiger partial charge in [0.25, 0.3) is 0 Å². The van der Waals surface area contributed by atoms with Crippen LogP contribution in [0.15, 0.2) is 48.5 Å². The first kappa shape index (κ1) is 20.7. The topological polar surface area (TPSA) is 52.7 Å². The van der Waals surface area contributed by atoms with Gasteiger partial charge < -0.3 is 10.2 Å². The van der Waals surface area contributed by atoms with Crippen molar-refractivity contribution in [1.29, 1.82) is 0 Å². The Morgan fingerprint density at radius 3 is 2.38 bits per heavy atom. The van der Waals surface area contributed by atoms with Crippen LogP contribution in [0.4, 0.5) is 10.1 Å². The lowest BCUT2D eigenvalue weighted by atomic mass is 10.1. The van der Waals surface area contributed by atoms with Gasteiger partial charge in [-0.2, -0.15) is 0 Å². The van der Waals surface area contributed by atoms with E-state index in [2.05, 4.69) is 11.4 Å². The molecular formula is C23H26FN3O2. The highest BCUT2D eigenvalue weighted by molar-refractivity contribution is 5.93. The smallest absolute Gasteiger partial charge is 0.246 e. The minimum absolute atomic E-state index is 0.0135. The second-order valence-electron chi connectivity index (χ2n) is 7.35. The van der Waals surface area contributed by atoms with Gasteiger partial charge in [0.1, 0.15) is 5.82 Å². The number of amides is 2. The first-order valence-corrected chi connectivity index (χ1v) is 9.73. The van der Waals surface area contributed by atoms with Crippen molar-refractivity contribution in [1.82, 2.24) is 9.80 Å². The molecule has 1 N–H and O–H groups in total. The minimum atomic E-state index is -0.338. The summed E-state index contributed by atoms with van der Waals surface area (Å²) in [4.78, 5) is 28.4. The van der Waals surface area contributed by atoms with E-state index in [4.69, 9.17) is 0 Å². The van der Waals surface area contributed by atoms with Crippen LogP contribution < -0.4 is 5.32 Å². The number of hydrogen-bond donors (Lipinski definition) is 1. The molecular weight excluding hydrogens is 369 g/mol. The molecule has 5 nitrogen and oxygen atoms in total. The second kappa shape index (κ2) is 9.47. The molecule has 0 unspecified atom stereocenters. The van der Waals surface area contributed by atoms with Crippen LogP contribution in [-0.2, 0) is 9.59 Å². The maximum absolute atomic E-state index is 12.9. The monoisotopic (exact) mass is 395 g/mol. The lowest BCUT2D eigenvalue weighted by molar-refractivity contribution is -0.127. The van der Waals surface area contributed by atoms with E-state index in [1.54, 1.807) is 11.0 Å². The van der Waals surface area contributed by atoms with E-state index < -0.39 is 0 Å². The number of nitrogens with one attached hydrogen (secondary N) is 1. The standard InChI is InChI=1S/C23H26FN3O2/c1-17-3-4-19(18(2)15-17)5-10-23(29)27-13-11-26(12-14-27)16-22(28)25-21-8-6-20(24)7-9-21/h3-10,15H,11-14,16H2,1-2H3,(H,25,28)/b10-5+. The summed E-state index contributed by atoms with van der Waals surface area (Å²) < 4.78 is 12.9. The van der Waals surface area contributed by atoms with Crippen molar-refractivity contribution in [3.63, 3.8) is 0 Å². The highest BCUT2D eigenvalue weighted by atomic mass is 19.1. The Kier molecular flexibility index (Phi) is 6.77. The van der Waals surface area contributed by atoms with Crippen LogP contribution in [0.3, 0.4) is 0 Å². The van der Waals surface area contributed by atoms with Gasteiger partial charge in [-0.25, -0.2) is 4.39 Å². The van der Waals surface area contributed by atoms with Gasteiger partial charge in [-0.05, 0) is 55.3 Å². The van der Waals surface area contributed by atoms with Gasteiger partial charge in [-0.15, -0.1) is 0 Å². The number of nitrogens with zero attached hydrogens (tertiary/aromatic N) is 2. The number of piperazine rings is 1. The second-order valence-corrected chi connectivity index (χ2v) is 7.35. The number of aryl methyl sites for hydroxylation is 2. The van der Waals surface area contributed by atoms with Crippen LogP contribution in [-0.4, -0.2) is 54.3 Å². The predicted molar refractivity (Wildman–Crippen MR) is 113 cm³/mol. The summed E-state index contributed by atoms with van der Waals surface area (Å²) in [6.07, 6.45) is 3.48. The molecule has 1 aliphatic heterocycles. The quantitative estimate of drug-likeness (QED) is 0.791. The normalized spacial score (nSPS) is 14.9. The number of halogens is 1. The summed E-state index contributed by atoms with van der Waals surface area (Å²) in [6, 6.07) is 11.8. The van der Waals surface area contributed by atoms with E-state index in [1.807, 2.05) is 37.0 Å². The van der Waals surface area contributed by atoms with Crippen molar-refractivity contribution >= 4 is 23.6 Å². The number of carbonyl (C=O) groups is 2. The van der Waals surface area contributed by atoms with Crippen LogP contribution in [0.1, 0.15) is 16.7 Å². The Morgan fingerprint density at radius 1 is 1.03 bits per heavy atom. The first-order valence-electron chi connectivity index (χ1n) is 9.73. The van der Waals surface area contributed by atoms with Gasteiger partial charge in [0, 0.05) is 37.9 Å². The van der Waals surface area contributed by atoms with Gasteiger partial charge in [0.05, 0.1) is 6.54 Å². The molecule has 3 rings (SSSR count). The maximum atomic E-state index is 12.9. The third-order valence-corrected chi connectivity index (χ3v) is 5.01. The fourth-order valence-corrected chi connectivity index (χ4v) is 3.34. The van der Waals surface area contributed by atoms with Crippen molar-refractivity contribution in [2.75, 3.05) is 38.0 Å². The zero-order chi connectivity index (χ0) is 20.8. The number of anilines is 1. The molecule has 2 aromatic carbocycles. The summed E-state index contributed by atoms with van der Waals surface area (Å²) in [7, 11) is 0. The predicted octanol–water partition coefficient (Wildman–Crippen LogP) is 3.24. The van der Waals surface area contributed by atoms with Crippen LogP contribution in [0.25, 0.3) is 6.08 Å². The van der Waals surface area contributed by atoms with E-state index in [-0.39, 0.29) is 24.2 Å². The van der Waals surface area contributed by atoms with Crippen LogP contribution in [0, 0.1) is 19.7 Å². The van der Waals surface area contributed by atoms with Crippen LogP contribution in [0.5, 0.6) is 0 Å². The highest BCUT2D eigenvalue weighted by Crippen LogP contribution is 2.13. The Bertz CT molecular complexity index is 901. The average Bonchev–Trinajstić information content (AvgIpc) is 2.69. The largest absolute Gasteiger partial charge is 0.337 e. The Morgan fingerprint density at radius 2 is 1.72 bits per heavy atom. The SMILES string of the molecule is Cc1ccc(/C=C/C(=O)N2CCN(CC(=O)Nc3ccc(F)cc3)CC2)c(C)c1. The molecule has 2 aromatic rings. The van der Waals surface area contributed by atoms with E-state index >= 15 is 0 Å². The number of rotatable bonds is 5. The van der Waals surface area contributed by atoms with E-state index in [1.165, 1.54) is 29.8 Å². The van der Waals surface area contributed by atoms with E-state index in [0.717, 1.165) is 11.1 Å². The molecule has 1 aliphatic rings. The van der Waals surface area contributed by atoms with E-state index in [0.29, 0.717) is 31.9 Å². The molecule has 1 saturated heterocycles. The number of carbonyl (C=O) groups excluding carboxylic acids is 2. The van der Waals surface area contributed by atoms with Gasteiger partial charge in [-0.1, -0.05) is 23.8 Å². The van der Waals surface area contributed by atoms with Crippen molar-refractivity contribution < 1.29 is 14.0 Å². The third-order valence-electron chi connectivity index (χ3n) is 5.01. The summed E-state index contributed by atoms with van der Waals surface area (Å²) in [6.45, 7) is 6.77. The summed E-state index contributed by atoms with van der Waals surface area (Å²) in [5, 5.41) is 2.76. The molecule has 0 atom stereocenters. The summed E-state index contributed by atoms with van der Waals surface area (Å²) in [5.74, 6) is -0.498. The van der Waals surface area contributed by atoms with Crippen LogP contribution >= 0.6 is 0 Å². The van der Waals surface area contributed by atoms with Crippen molar-refractivity contribution in [3.8, 4) is 0 Å². The molecule has 0 aliphatic carbocycles. The molecule has 152 valence electrons. The molecule has 0 aromatic heterocycles. The molecule has 29 heavy (non-hydrogen) atoms. The summed E-state index contributed by atoms with van der Waals surface area (Å²) in [5.41, 5.74) is 3.96. The average molecular weight is 395 g/mol. The minimum Gasteiger partial charge on any atom is -0.337 e. The maximum Gasteiger partial charge on any atom is 0.246 e. The molecule has 0 radical (unpaired) electrons. The van der Waals surface area contributed by atoms with E-state index in [9.17, 15) is 14.0 Å². The van der Waals surface area contributed by atoms with Crippen molar-refractivity contribution in [2.24, 2.45) is 0 Å². The van der Waals surface area contributed by atoms with Gasteiger partial charge in [0.2, 0.25) is 11.8 Å². The summed E-state index contributed by atoms with van der Waals surface area (Å²) >= 11 is 0. The third kappa shape index (κ3) is 5.99. The number of benzene rings is 2. The molecule has 6 heteroatoms. The lowest BCUT2D eigenvalue weighted by Gasteiger charge is -2.33. The fraction of sp³-hybridized carbons (Fsp3) is 0.304. The van der Waals surface area contributed by atoms with Gasteiger partial charge in [0.15, 0.2) is 0 Å². The molecule has 0 bridgehead atoms. The Hall–Kier alpha value is -2.99. The number of hydrogen-bond acceptors (Lipinski definition) is 3. The fourth-order valence-electron chi connectivity index (χ4n) is 3.34. The molecule has 1 heterocycles.